The average molecular weight is 313 g/mol. The molecule has 1 aromatic heterocycles. The number of hydrogen-bond donors (Lipinski definition) is 0. The van der Waals surface area contributed by atoms with Gasteiger partial charge in [0.05, 0.1) is 13.2 Å². The maximum atomic E-state index is 5.40. The standard InChI is InChI=1S/C14H23N3OS2/c1-16(12-2-8-19-9-3-12)11-13-10-15-14(20-13)17-4-6-18-7-5-17/h10,12H,2-9,11H2,1H3. The van der Waals surface area contributed by atoms with E-state index in [1.54, 1.807) is 0 Å². The molecule has 3 rings (SSSR count). The Kier molecular flexibility index (Phi) is 5.20. The molecule has 20 heavy (non-hydrogen) atoms. The van der Waals surface area contributed by atoms with Crippen molar-refractivity contribution in [2.24, 2.45) is 0 Å². The van der Waals surface area contributed by atoms with Crippen molar-refractivity contribution in [1.82, 2.24) is 9.88 Å². The van der Waals surface area contributed by atoms with Crippen LogP contribution in [0.3, 0.4) is 0 Å². The van der Waals surface area contributed by atoms with E-state index in [0.717, 1.165) is 44.0 Å². The number of nitrogens with zero attached hydrogens (tertiary/aromatic N) is 3. The summed E-state index contributed by atoms with van der Waals surface area (Å²) < 4.78 is 5.40. The topological polar surface area (TPSA) is 28.6 Å². The van der Waals surface area contributed by atoms with Gasteiger partial charge in [-0.2, -0.15) is 11.8 Å². The van der Waals surface area contributed by atoms with Crippen LogP contribution in [0.15, 0.2) is 6.20 Å². The van der Waals surface area contributed by atoms with Gasteiger partial charge < -0.3 is 9.64 Å². The van der Waals surface area contributed by atoms with Crippen LogP contribution >= 0.6 is 23.1 Å². The first-order valence-electron chi connectivity index (χ1n) is 7.38. The molecule has 0 unspecified atom stereocenters. The lowest BCUT2D eigenvalue weighted by molar-refractivity contribution is 0.122. The zero-order chi connectivity index (χ0) is 13.8. The fourth-order valence-corrected chi connectivity index (χ4v) is 4.88. The summed E-state index contributed by atoms with van der Waals surface area (Å²) in [4.78, 5) is 10.8. The highest BCUT2D eigenvalue weighted by Crippen LogP contribution is 2.26. The number of aromatic nitrogens is 1. The molecule has 1 aromatic rings. The second-order valence-corrected chi connectivity index (χ2v) is 7.79. The van der Waals surface area contributed by atoms with E-state index in [0.29, 0.717) is 0 Å². The molecule has 2 saturated heterocycles. The molecular weight excluding hydrogens is 290 g/mol. The Labute approximate surface area is 129 Å². The molecule has 2 aliphatic rings. The zero-order valence-electron chi connectivity index (χ0n) is 12.1. The molecule has 6 heteroatoms. The summed E-state index contributed by atoms with van der Waals surface area (Å²) in [5.74, 6) is 2.63. The van der Waals surface area contributed by atoms with Crippen LogP contribution in [0.4, 0.5) is 5.13 Å². The van der Waals surface area contributed by atoms with Gasteiger partial charge in [0, 0.05) is 36.8 Å². The van der Waals surface area contributed by atoms with Gasteiger partial charge in [-0.3, -0.25) is 4.90 Å². The molecular formula is C14H23N3OS2. The molecule has 0 spiro atoms. The van der Waals surface area contributed by atoms with Crippen molar-refractivity contribution in [2.45, 2.75) is 25.4 Å². The van der Waals surface area contributed by atoms with Gasteiger partial charge in [-0.15, -0.1) is 11.3 Å². The van der Waals surface area contributed by atoms with Gasteiger partial charge in [0.25, 0.3) is 0 Å². The summed E-state index contributed by atoms with van der Waals surface area (Å²) in [6.07, 6.45) is 4.72. The number of hydrogen-bond acceptors (Lipinski definition) is 6. The Bertz CT molecular complexity index is 414. The Morgan fingerprint density at radius 3 is 2.85 bits per heavy atom. The van der Waals surface area contributed by atoms with Gasteiger partial charge in [0.1, 0.15) is 0 Å². The molecule has 0 atom stereocenters. The van der Waals surface area contributed by atoms with Gasteiger partial charge in [0.15, 0.2) is 5.13 Å². The maximum absolute atomic E-state index is 5.40. The van der Waals surface area contributed by atoms with Crippen LogP contribution in [-0.4, -0.2) is 60.8 Å². The Hall–Kier alpha value is -0.300. The Morgan fingerprint density at radius 2 is 2.10 bits per heavy atom. The summed E-state index contributed by atoms with van der Waals surface area (Å²) in [6, 6.07) is 0.755. The van der Waals surface area contributed by atoms with Crippen molar-refractivity contribution in [3.05, 3.63) is 11.1 Å². The van der Waals surface area contributed by atoms with Crippen molar-refractivity contribution in [3.8, 4) is 0 Å². The lowest BCUT2D eigenvalue weighted by Gasteiger charge is -2.30. The van der Waals surface area contributed by atoms with Gasteiger partial charge in [0.2, 0.25) is 0 Å². The minimum absolute atomic E-state index is 0.755. The minimum atomic E-state index is 0.755. The number of anilines is 1. The molecule has 0 aromatic carbocycles. The second kappa shape index (κ2) is 7.11. The molecule has 0 aliphatic carbocycles. The van der Waals surface area contributed by atoms with E-state index in [1.807, 2.05) is 11.3 Å². The van der Waals surface area contributed by atoms with Crippen molar-refractivity contribution >= 4 is 28.2 Å². The zero-order valence-corrected chi connectivity index (χ0v) is 13.7. The number of ether oxygens (including phenoxy) is 1. The molecule has 0 radical (unpaired) electrons. The smallest absolute Gasteiger partial charge is 0.185 e. The first-order valence-corrected chi connectivity index (χ1v) is 9.35. The lowest BCUT2D eigenvalue weighted by atomic mass is 10.1. The molecule has 4 nitrogen and oxygen atoms in total. The van der Waals surface area contributed by atoms with Gasteiger partial charge >= 0.3 is 0 Å². The highest BCUT2D eigenvalue weighted by molar-refractivity contribution is 7.99. The summed E-state index contributed by atoms with van der Waals surface area (Å²) in [7, 11) is 2.26. The lowest BCUT2D eigenvalue weighted by Crippen LogP contribution is -2.36. The number of rotatable bonds is 4. The monoisotopic (exact) mass is 313 g/mol. The van der Waals surface area contributed by atoms with Gasteiger partial charge in [-0.25, -0.2) is 4.98 Å². The largest absolute Gasteiger partial charge is 0.378 e. The average Bonchev–Trinajstić information content (AvgIpc) is 2.97. The van der Waals surface area contributed by atoms with E-state index in [-0.39, 0.29) is 0 Å². The number of thioether (sulfide) groups is 1. The third kappa shape index (κ3) is 3.67. The van der Waals surface area contributed by atoms with Crippen LogP contribution < -0.4 is 4.90 Å². The molecule has 112 valence electrons. The van der Waals surface area contributed by atoms with E-state index >= 15 is 0 Å². The SMILES string of the molecule is CN(Cc1cnc(N2CCOCC2)s1)C1CCSCC1. The van der Waals surface area contributed by atoms with Crippen LogP contribution in [-0.2, 0) is 11.3 Å². The minimum Gasteiger partial charge on any atom is -0.378 e. The Balaban J connectivity index is 1.56. The van der Waals surface area contributed by atoms with Crippen molar-refractivity contribution < 1.29 is 4.74 Å². The predicted molar refractivity (Wildman–Crippen MR) is 87.0 cm³/mol. The van der Waals surface area contributed by atoms with Crippen molar-refractivity contribution in [1.29, 1.82) is 0 Å². The van der Waals surface area contributed by atoms with Crippen molar-refractivity contribution in [2.75, 3.05) is 49.8 Å². The molecule has 0 amide bonds. The van der Waals surface area contributed by atoms with Crippen LogP contribution in [0.25, 0.3) is 0 Å². The quantitative estimate of drug-likeness (QED) is 0.851. The normalized spacial score (nSPS) is 21.6. The fraction of sp³-hybridized carbons (Fsp3) is 0.786. The van der Waals surface area contributed by atoms with Gasteiger partial charge in [-0.05, 0) is 31.4 Å². The third-order valence-corrected chi connectivity index (χ3v) is 6.13. The first-order chi connectivity index (χ1) is 9.83. The van der Waals surface area contributed by atoms with E-state index in [2.05, 4.69) is 39.8 Å². The van der Waals surface area contributed by atoms with E-state index < -0.39 is 0 Å². The molecule has 0 bridgehead atoms. The first kappa shape index (κ1) is 14.6. The van der Waals surface area contributed by atoms with E-state index in [4.69, 9.17) is 4.74 Å². The fourth-order valence-electron chi connectivity index (χ4n) is 2.77. The summed E-state index contributed by atoms with van der Waals surface area (Å²) in [5, 5.41) is 1.16. The van der Waals surface area contributed by atoms with Crippen LogP contribution in [0.5, 0.6) is 0 Å². The highest BCUT2D eigenvalue weighted by atomic mass is 32.2. The molecule has 0 saturated carbocycles. The van der Waals surface area contributed by atoms with E-state index in [1.165, 1.54) is 29.2 Å². The molecule has 2 aliphatic heterocycles. The third-order valence-electron chi connectivity index (χ3n) is 4.04. The van der Waals surface area contributed by atoms with Crippen LogP contribution in [0.2, 0.25) is 0 Å². The van der Waals surface area contributed by atoms with Crippen LogP contribution in [0.1, 0.15) is 17.7 Å². The second-order valence-electron chi connectivity index (χ2n) is 5.47. The maximum Gasteiger partial charge on any atom is 0.185 e. The molecule has 3 heterocycles. The summed E-state index contributed by atoms with van der Waals surface area (Å²) in [6.45, 7) is 4.64. The molecule has 2 fully saturated rings. The summed E-state index contributed by atoms with van der Waals surface area (Å²) in [5.41, 5.74) is 0. The van der Waals surface area contributed by atoms with Crippen molar-refractivity contribution in [3.63, 3.8) is 0 Å². The van der Waals surface area contributed by atoms with Crippen LogP contribution in [0, 0.1) is 0 Å². The van der Waals surface area contributed by atoms with E-state index in [9.17, 15) is 0 Å². The number of morpholine rings is 1. The molecule has 0 N–H and O–H groups in total. The summed E-state index contributed by atoms with van der Waals surface area (Å²) >= 11 is 3.93. The Morgan fingerprint density at radius 1 is 1.35 bits per heavy atom. The number of thiazole rings is 1. The van der Waals surface area contributed by atoms with Gasteiger partial charge in [-0.1, -0.05) is 0 Å². The predicted octanol–water partition coefficient (Wildman–Crippen LogP) is 2.31. The highest BCUT2D eigenvalue weighted by Gasteiger charge is 2.20.